The van der Waals surface area contributed by atoms with Gasteiger partial charge in [0.15, 0.2) is 0 Å². The Morgan fingerprint density at radius 2 is 1.92 bits per heavy atom. The highest BCUT2D eigenvalue weighted by molar-refractivity contribution is 9.09. The van der Waals surface area contributed by atoms with Crippen LogP contribution in [0.1, 0.15) is 46.0 Å². The van der Waals surface area contributed by atoms with Crippen LogP contribution in [-0.4, -0.2) is 17.5 Å². The highest BCUT2D eigenvalue weighted by Crippen LogP contribution is 2.29. The molecule has 2 heteroatoms. The SMILES string of the molecule is CC(C)OCC1CCCCCC1Br. The molecule has 2 unspecified atom stereocenters. The van der Waals surface area contributed by atoms with Crippen molar-refractivity contribution in [3.05, 3.63) is 0 Å². The van der Waals surface area contributed by atoms with Crippen LogP contribution >= 0.6 is 15.9 Å². The first-order valence-electron chi connectivity index (χ1n) is 5.46. The van der Waals surface area contributed by atoms with Crippen LogP contribution in [0.4, 0.5) is 0 Å². The average molecular weight is 249 g/mol. The lowest BCUT2D eigenvalue weighted by Gasteiger charge is -2.21. The van der Waals surface area contributed by atoms with E-state index in [1.807, 2.05) is 0 Å². The molecule has 1 rings (SSSR count). The van der Waals surface area contributed by atoms with Gasteiger partial charge in [0.05, 0.1) is 12.7 Å². The molecule has 0 spiro atoms. The first-order valence-corrected chi connectivity index (χ1v) is 6.37. The molecular weight excluding hydrogens is 228 g/mol. The number of hydrogen-bond acceptors (Lipinski definition) is 1. The fraction of sp³-hybridized carbons (Fsp3) is 1.00. The maximum absolute atomic E-state index is 5.68. The molecule has 0 heterocycles. The van der Waals surface area contributed by atoms with Crippen molar-refractivity contribution in [2.75, 3.05) is 6.61 Å². The quantitative estimate of drug-likeness (QED) is 0.546. The minimum absolute atomic E-state index is 0.378. The van der Waals surface area contributed by atoms with Crippen LogP contribution in [0.3, 0.4) is 0 Å². The van der Waals surface area contributed by atoms with Crippen LogP contribution in [-0.2, 0) is 4.74 Å². The van der Waals surface area contributed by atoms with Crippen molar-refractivity contribution in [3.63, 3.8) is 0 Å². The molecule has 1 saturated carbocycles. The maximum Gasteiger partial charge on any atom is 0.0519 e. The predicted octanol–water partition coefficient (Wildman–Crippen LogP) is 3.76. The summed E-state index contributed by atoms with van der Waals surface area (Å²) in [5.41, 5.74) is 0. The molecule has 0 radical (unpaired) electrons. The molecule has 1 aliphatic rings. The second-order valence-electron chi connectivity index (χ2n) is 4.30. The van der Waals surface area contributed by atoms with Crippen molar-refractivity contribution in [2.45, 2.75) is 56.9 Å². The van der Waals surface area contributed by atoms with Gasteiger partial charge in [-0.3, -0.25) is 0 Å². The monoisotopic (exact) mass is 248 g/mol. The van der Waals surface area contributed by atoms with Gasteiger partial charge in [-0.25, -0.2) is 0 Å². The topological polar surface area (TPSA) is 9.23 Å². The van der Waals surface area contributed by atoms with Gasteiger partial charge in [0.1, 0.15) is 0 Å². The average Bonchev–Trinajstić information content (AvgIpc) is 2.27. The Hall–Kier alpha value is 0.440. The molecular formula is C11H21BrO. The summed E-state index contributed by atoms with van der Waals surface area (Å²) < 4.78 is 5.68. The molecule has 0 saturated heterocycles. The summed E-state index contributed by atoms with van der Waals surface area (Å²) in [6.07, 6.45) is 7.21. The van der Waals surface area contributed by atoms with Crippen molar-refractivity contribution in [2.24, 2.45) is 5.92 Å². The fourth-order valence-corrected chi connectivity index (χ4v) is 2.58. The summed E-state index contributed by atoms with van der Waals surface area (Å²) in [7, 11) is 0. The summed E-state index contributed by atoms with van der Waals surface area (Å²) in [6, 6.07) is 0. The third-order valence-electron chi connectivity index (χ3n) is 2.71. The lowest BCUT2D eigenvalue weighted by atomic mass is 10.0. The van der Waals surface area contributed by atoms with E-state index in [4.69, 9.17) is 4.74 Å². The molecule has 78 valence electrons. The van der Waals surface area contributed by atoms with Crippen molar-refractivity contribution in [1.82, 2.24) is 0 Å². The van der Waals surface area contributed by atoms with E-state index >= 15 is 0 Å². The van der Waals surface area contributed by atoms with Crippen LogP contribution in [0.25, 0.3) is 0 Å². The summed E-state index contributed by atoms with van der Waals surface area (Å²) in [5, 5.41) is 0. The zero-order valence-corrected chi connectivity index (χ0v) is 10.3. The number of rotatable bonds is 3. The number of halogens is 1. The third kappa shape index (κ3) is 4.46. The van der Waals surface area contributed by atoms with E-state index in [1.165, 1.54) is 32.1 Å². The molecule has 1 fully saturated rings. The van der Waals surface area contributed by atoms with Crippen LogP contribution in [0.15, 0.2) is 0 Å². The van der Waals surface area contributed by atoms with Crippen molar-refractivity contribution >= 4 is 15.9 Å². The Morgan fingerprint density at radius 1 is 1.23 bits per heavy atom. The van der Waals surface area contributed by atoms with Gasteiger partial charge in [-0.1, -0.05) is 35.2 Å². The van der Waals surface area contributed by atoms with Crippen LogP contribution < -0.4 is 0 Å². The molecule has 13 heavy (non-hydrogen) atoms. The van der Waals surface area contributed by atoms with Gasteiger partial charge in [-0.05, 0) is 32.6 Å². The van der Waals surface area contributed by atoms with Crippen molar-refractivity contribution < 1.29 is 4.74 Å². The van der Waals surface area contributed by atoms with E-state index in [2.05, 4.69) is 29.8 Å². The molecule has 2 atom stereocenters. The van der Waals surface area contributed by atoms with E-state index < -0.39 is 0 Å². The van der Waals surface area contributed by atoms with Gasteiger partial charge in [0.25, 0.3) is 0 Å². The van der Waals surface area contributed by atoms with E-state index in [9.17, 15) is 0 Å². The summed E-state index contributed by atoms with van der Waals surface area (Å²) in [4.78, 5) is 0.689. The van der Waals surface area contributed by atoms with E-state index in [1.54, 1.807) is 0 Å². The molecule has 1 aliphatic carbocycles. The lowest BCUT2D eigenvalue weighted by Crippen LogP contribution is -2.21. The van der Waals surface area contributed by atoms with E-state index in [0.717, 1.165) is 12.5 Å². The Bertz CT molecular complexity index is 136. The van der Waals surface area contributed by atoms with Crippen LogP contribution in [0.5, 0.6) is 0 Å². The number of hydrogen-bond donors (Lipinski definition) is 0. The minimum Gasteiger partial charge on any atom is -0.378 e. The molecule has 0 aromatic carbocycles. The van der Waals surface area contributed by atoms with Crippen LogP contribution in [0.2, 0.25) is 0 Å². The Labute approximate surface area is 90.4 Å². The van der Waals surface area contributed by atoms with Crippen molar-refractivity contribution in [3.8, 4) is 0 Å². The first kappa shape index (κ1) is 11.5. The smallest absolute Gasteiger partial charge is 0.0519 e. The standard InChI is InChI=1S/C11H21BrO/c1-9(2)13-8-10-6-4-3-5-7-11(10)12/h9-11H,3-8H2,1-2H3. The number of alkyl halides is 1. The molecule has 0 aromatic rings. The number of ether oxygens (including phenoxy) is 1. The van der Waals surface area contributed by atoms with Crippen molar-refractivity contribution in [1.29, 1.82) is 0 Å². The summed E-state index contributed by atoms with van der Waals surface area (Å²) in [6.45, 7) is 5.16. The highest BCUT2D eigenvalue weighted by Gasteiger charge is 2.21. The summed E-state index contributed by atoms with van der Waals surface area (Å²) >= 11 is 3.77. The first-order chi connectivity index (χ1) is 6.20. The molecule has 0 amide bonds. The molecule has 0 N–H and O–H groups in total. The third-order valence-corrected chi connectivity index (χ3v) is 3.92. The second-order valence-corrected chi connectivity index (χ2v) is 5.47. The maximum atomic E-state index is 5.68. The van der Waals surface area contributed by atoms with Gasteiger partial charge in [-0.15, -0.1) is 0 Å². The Morgan fingerprint density at radius 3 is 2.62 bits per heavy atom. The zero-order valence-electron chi connectivity index (χ0n) is 8.76. The normalized spacial score (nSPS) is 30.5. The largest absolute Gasteiger partial charge is 0.378 e. The summed E-state index contributed by atoms with van der Waals surface area (Å²) in [5.74, 6) is 0.741. The van der Waals surface area contributed by atoms with E-state index in [0.29, 0.717) is 10.9 Å². The van der Waals surface area contributed by atoms with Gasteiger partial charge in [0, 0.05) is 4.83 Å². The minimum atomic E-state index is 0.378. The van der Waals surface area contributed by atoms with Gasteiger partial charge >= 0.3 is 0 Å². The van der Waals surface area contributed by atoms with Gasteiger partial charge < -0.3 is 4.74 Å². The Kier molecular flexibility index (Phi) is 5.34. The molecule has 1 nitrogen and oxygen atoms in total. The molecule has 0 aromatic heterocycles. The van der Waals surface area contributed by atoms with Crippen LogP contribution in [0, 0.1) is 5.92 Å². The van der Waals surface area contributed by atoms with Gasteiger partial charge in [0.2, 0.25) is 0 Å². The Balaban J connectivity index is 2.27. The predicted molar refractivity (Wildman–Crippen MR) is 60.4 cm³/mol. The lowest BCUT2D eigenvalue weighted by molar-refractivity contribution is 0.0492. The zero-order chi connectivity index (χ0) is 9.68. The van der Waals surface area contributed by atoms with Gasteiger partial charge in [-0.2, -0.15) is 0 Å². The fourth-order valence-electron chi connectivity index (χ4n) is 1.84. The molecule has 0 aliphatic heterocycles. The second kappa shape index (κ2) is 6.02. The van der Waals surface area contributed by atoms with E-state index in [-0.39, 0.29) is 0 Å². The highest BCUT2D eigenvalue weighted by atomic mass is 79.9. The molecule has 0 bridgehead atoms.